The lowest BCUT2D eigenvalue weighted by Crippen LogP contribution is -2.31. The maximum Gasteiger partial charge on any atom is 0.240 e. The van der Waals surface area contributed by atoms with Crippen LogP contribution in [0.3, 0.4) is 0 Å². The molecule has 0 amide bonds. The van der Waals surface area contributed by atoms with E-state index in [1.165, 1.54) is 12.3 Å². The molecular weight excluding hydrogens is 264 g/mol. The summed E-state index contributed by atoms with van der Waals surface area (Å²) < 4.78 is 26.7. The smallest absolute Gasteiger partial charge is 0.240 e. The minimum atomic E-state index is -3.46. The standard InChI is InChI=1S/C12H22N4O2S/c1-4-6-13-12-10-11(5-7-14-12)19(17,18)15-8-9-16(2)3/h5,7,10,15H,4,6,8-9H2,1-3H3,(H,13,14). The fourth-order valence-electron chi connectivity index (χ4n) is 1.42. The molecule has 0 aliphatic rings. The summed E-state index contributed by atoms with van der Waals surface area (Å²) in [6.07, 6.45) is 2.46. The van der Waals surface area contributed by atoms with Gasteiger partial charge in [0.2, 0.25) is 10.0 Å². The third kappa shape index (κ3) is 5.54. The molecule has 0 spiro atoms. The van der Waals surface area contributed by atoms with Gasteiger partial charge in [-0.3, -0.25) is 0 Å². The largest absolute Gasteiger partial charge is 0.370 e. The summed E-state index contributed by atoms with van der Waals surface area (Å²) in [7, 11) is 0.333. The Morgan fingerprint density at radius 2 is 2.05 bits per heavy atom. The molecule has 0 unspecified atom stereocenters. The Hall–Kier alpha value is -1.18. The van der Waals surface area contributed by atoms with Crippen LogP contribution in [0.15, 0.2) is 23.2 Å². The molecule has 1 rings (SSSR count). The highest BCUT2D eigenvalue weighted by Gasteiger charge is 2.14. The van der Waals surface area contributed by atoms with E-state index in [2.05, 4.69) is 15.0 Å². The molecule has 0 aromatic carbocycles. The molecule has 0 aliphatic heterocycles. The van der Waals surface area contributed by atoms with Crippen LogP contribution in [-0.4, -0.2) is 52.0 Å². The monoisotopic (exact) mass is 286 g/mol. The molecular formula is C12H22N4O2S. The molecule has 6 nitrogen and oxygen atoms in total. The van der Waals surface area contributed by atoms with Crippen molar-refractivity contribution in [3.8, 4) is 0 Å². The first-order valence-corrected chi connectivity index (χ1v) is 7.78. The summed E-state index contributed by atoms with van der Waals surface area (Å²) in [5.74, 6) is 0.581. The summed E-state index contributed by atoms with van der Waals surface area (Å²) in [4.78, 5) is 6.24. The quantitative estimate of drug-likeness (QED) is 0.737. The number of hydrogen-bond acceptors (Lipinski definition) is 5. The molecule has 0 aliphatic carbocycles. The Bertz CT molecular complexity index is 488. The highest BCUT2D eigenvalue weighted by molar-refractivity contribution is 7.89. The molecule has 1 aromatic rings. The lowest BCUT2D eigenvalue weighted by atomic mass is 10.4. The van der Waals surface area contributed by atoms with E-state index in [0.29, 0.717) is 18.9 Å². The van der Waals surface area contributed by atoms with Gasteiger partial charge in [-0.1, -0.05) is 6.92 Å². The predicted molar refractivity (Wildman–Crippen MR) is 76.8 cm³/mol. The Kier molecular flexibility index (Phi) is 6.20. The van der Waals surface area contributed by atoms with Gasteiger partial charge in [0.1, 0.15) is 5.82 Å². The number of rotatable bonds is 8. The SMILES string of the molecule is CCCNc1cc(S(=O)(=O)NCCN(C)C)ccn1. The van der Waals surface area contributed by atoms with E-state index in [1.54, 1.807) is 6.07 Å². The van der Waals surface area contributed by atoms with Gasteiger partial charge in [0, 0.05) is 31.9 Å². The number of anilines is 1. The summed E-state index contributed by atoms with van der Waals surface area (Å²) in [5, 5.41) is 3.07. The summed E-state index contributed by atoms with van der Waals surface area (Å²) >= 11 is 0. The first kappa shape index (κ1) is 15.9. The van der Waals surface area contributed by atoms with Crippen molar-refractivity contribution in [2.45, 2.75) is 18.2 Å². The summed E-state index contributed by atoms with van der Waals surface area (Å²) in [6, 6.07) is 3.04. The van der Waals surface area contributed by atoms with E-state index >= 15 is 0 Å². The molecule has 0 bridgehead atoms. The van der Waals surface area contributed by atoms with Crippen molar-refractivity contribution in [1.29, 1.82) is 0 Å². The molecule has 1 heterocycles. The zero-order valence-corrected chi connectivity index (χ0v) is 12.5. The van der Waals surface area contributed by atoms with E-state index in [-0.39, 0.29) is 4.90 Å². The van der Waals surface area contributed by atoms with Crippen LogP contribution in [0.2, 0.25) is 0 Å². The highest BCUT2D eigenvalue weighted by Crippen LogP contribution is 2.12. The zero-order chi connectivity index (χ0) is 14.3. The minimum Gasteiger partial charge on any atom is -0.370 e. The average Bonchev–Trinajstić information content (AvgIpc) is 2.36. The molecule has 0 atom stereocenters. The molecule has 2 N–H and O–H groups in total. The minimum absolute atomic E-state index is 0.236. The fourth-order valence-corrected chi connectivity index (χ4v) is 2.45. The number of likely N-dealkylation sites (N-methyl/N-ethyl adjacent to an activating group) is 1. The molecule has 0 saturated carbocycles. The summed E-state index contributed by atoms with van der Waals surface area (Å²) in [6.45, 7) is 3.85. The number of nitrogens with zero attached hydrogens (tertiary/aromatic N) is 2. The van der Waals surface area contributed by atoms with E-state index in [4.69, 9.17) is 0 Å². The third-order valence-electron chi connectivity index (χ3n) is 2.45. The maximum absolute atomic E-state index is 12.1. The van der Waals surface area contributed by atoms with Crippen LogP contribution in [0, 0.1) is 0 Å². The van der Waals surface area contributed by atoms with Gasteiger partial charge in [0.15, 0.2) is 0 Å². The van der Waals surface area contributed by atoms with E-state index < -0.39 is 10.0 Å². The van der Waals surface area contributed by atoms with Crippen LogP contribution in [0.25, 0.3) is 0 Å². The van der Waals surface area contributed by atoms with Gasteiger partial charge in [-0.15, -0.1) is 0 Å². The zero-order valence-electron chi connectivity index (χ0n) is 11.7. The number of aromatic nitrogens is 1. The van der Waals surface area contributed by atoms with Gasteiger partial charge < -0.3 is 10.2 Å². The van der Waals surface area contributed by atoms with Crippen LogP contribution in [0.4, 0.5) is 5.82 Å². The normalized spacial score (nSPS) is 11.8. The molecule has 1 aromatic heterocycles. The van der Waals surface area contributed by atoms with Crippen LogP contribution < -0.4 is 10.0 Å². The van der Waals surface area contributed by atoms with Gasteiger partial charge in [-0.25, -0.2) is 18.1 Å². The van der Waals surface area contributed by atoms with E-state index in [1.807, 2.05) is 25.9 Å². The van der Waals surface area contributed by atoms with E-state index in [0.717, 1.165) is 13.0 Å². The van der Waals surface area contributed by atoms with Gasteiger partial charge in [0.05, 0.1) is 4.90 Å². The topological polar surface area (TPSA) is 74.3 Å². The summed E-state index contributed by atoms with van der Waals surface area (Å²) in [5.41, 5.74) is 0. The second-order valence-electron chi connectivity index (χ2n) is 4.50. The Balaban J connectivity index is 2.71. The number of pyridine rings is 1. The Morgan fingerprint density at radius 1 is 1.32 bits per heavy atom. The predicted octanol–water partition coefficient (Wildman–Crippen LogP) is 0.743. The van der Waals surface area contributed by atoms with Gasteiger partial charge in [-0.05, 0) is 26.6 Å². The molecule has 19 heavy (non-hydrogen) atoms. The molecule has 0 fully saturated rings. The fraction of sp³-hybridized carbons (Fsp3) is 0.583. The van der Waals surface area contributed by atoms with Crippen LogP contribution in [0.1, 0.15) is 13.3 Å². The van der Waals surface area contributed by atoms with E-state index in [9.17, 15) is 8.42 Å². The number of hydrogen-bond donors (Lipinski definition) is 2. The van der Waals surface area contributed by atoms with Crippen molar-refractivity contribution in [3.63, 3.8) is 0 Å². The van der Waals surface area contributed by atoms with Gasteiger partial charge in [0.25, 0.3) is 0 Å². The van der Waals surface area contributed by atoms with Crippen LogP contribution in [-0.2, 0) is 10.0 Å². The van der Waals surface area contributed by atoms with Crippen molar-refractivity contribution in [2.75, 3.05) is 39.0 Å². The molecule has 7 heteroatoms. The maximum atomic E-state index is 12.1. The van der Waals surface area contributed by atoms with Crippen molar-refractivity contribution in [1.82, 2.24) is 14.6 Å². The van der Waals surface area contributed by atoms with Crippen LogP contribution in [0.5, 0.6) is 0 Å². The van der Waals surface area contributed by atoms with Gasteiger partial charge >= 0.3 is 0 Å². The first-order chi connectivity index (χ1) is 8.95. The van der Waals surface area contributed by atoms with Crippen molar-refractivity contribution in [2.24, 2.45) is 0 Å². The molecule has 0 radical (unpaired) electrons. The molecule has 108 valence electrons. The lowest BCUT2D eigenvalue weighted by Gasteiger charge is -2.11. The third-order valence-corrected chi connectivity index (χ3v) is 3.91. The van der Waals surface area contributed by atoms with Crippen molar-refractivity contribution in [3.05, 3.63) is 18.3 Å². The number of nitrogens with one attached hydrogen (secondary N) is 2. The second-order valence-corrected chi connectivity index (χ2v) is 6.27. The average molecular weight is 286 g/mol. The Labute approximate surface area is 115 Å². The second kappa shape index (κ2) is 7.42. The highest BCUT2D eigenvalue weighted by atomic mass is 32.2. The Morgan fingerprint density at radius 3 is 2.68 bits per heavy atom. The van der Waals surface area contributed by atoms with Crippen molar-refractivity contribution < 1.29 is 8.42 Å². The van der Waals surface area contributed by atoms with Crippen LogP contribution >= 0.6 is 0 Å². The van der Waals surface area contributed by atoms with Gasteiger partial charge in [-0.2, -0.15) is 0 Å². The lowest BCUT2D eigenvalue weighted by molar-refractivity contribution is 0.412. The first-order valence-electron chi connectivity index (χ1n) is 6.30. The number of sulfonamides is 1. The molecule has 0 saturated heterocycles. The van der Waals surface area contributed by atoms with Crippen molar-refractivity contribution >= 4 is 15.8 Å².